The molecule has 0 unspecified atom stereocenters. The van der Waals surface area contributed by atoms with Gasteiger partial charge in [0, 0.05) is 16.0 Å². The summed E-state index contributed by atoms with van der Waals surface area (Å²) in [5, 5.41) is 0.854. The molecule has 0 N–H and O–H groups in total. The third-order valence-electron chi connectivity index (χ3n) is 3.46. The number of fused-ring (bicyclic) bond motifs is 2. The monoisotopic (exact) mass is 336 g/mol. The van der Waals surface area contributed by atoms with Gasteiger partial charge in [-0.3, -0.25) is 0 Å². The van der Waals surface area contributed by atoms with E-state index in [-0.39, 0.29) is 5.82 Å². The maximum absolute atomic E-state index is 13.3. The lowest BCUT2D eigenvalue weighted by atomic mass is 10.2. The van der Waals surface area contributed by atoms with Crippen LogP contribution in [0.4, 0.5) is 4.39 Å². The van der Waals surface area contributed by atoms with Crippen LogP contribution in [0.25, 0.3) is 21.6 Å². The predicted octanol–water partition coefficient (Wildman–Crippen LogP) is 4.94. The molecule has 0 amide bonds. The number of thioether (sulfide) groups is 1. The Morgan fingerprint density at radius 3 is 2.95 bits per heavy atom. The van der Waals surface area contributed by atoms with Gasteiger partial charge in [-0.2, -0.15) is 11.8 Å². The Labute approximate surface area is 134 Å². The van der Waals surface area contributed by atoms with Crippen LogP contribution in [0.2, 0.25) is 5.15 Å². The van der Waals surface area contributed by atoms with E-state index in [0.717, 1.165) is 17.1 Å². The molecule has 3 aromatic rings. The van der Waals surface area contributed by atoms with Crippen molar-refractivity contribution in [1.82, 2.24) is 9.97 Å². The van der Waals surface area contributed by atoms with Crippen molar-refractivity contribution in [2.24, 2.45) is 0 Å². The quantitative estimate of drug-likeness (QED) is 0.589. The van der Waals surface area contributed by atoms with Crippen LogP contribution in [-0.4, -0.2) is 15.7 Å². The second kappa shape index (κ2) is 5.23. The highest BCUT2D eigenvalue weighted by Gasteiger charge is 2.17. The number of aromatic nitrogens is 2. The van der Waals surface area contributed by atoms with E-state index in [1.165, 1.54) is 28.3 Å². The van der Waals surface area contributed by atoms with Gasteiger partial charge in [0.05, 0.1) is 10.4 Å². The molecule has 0 saturated heterocycles. The first-order valence-electron chi connectivity index (χ1n) is 6.53. The van der Waals surface area contributed by atoms with Gasteiger partial charge in [-0.15, -0.1) is 11.3 Å². The van der Waals surface area contributed by atoms with E-state index in [4.69, 9.17) is 11.6 Å². The smallest absolute Gasteiger partial charge is 0.171 e. The van der Waals surface area contributed by atoms with Crippen molar-refractivity contribution in [3.63, 3.8) is 0 Å². The first-order chi connectivity index (χ1) is 10.2. The van der Waals surface area contributed by atoms with E-state index in [9.17, 15) is 4.39 Å². The van der Waals surface area contributed by atoms with Crippen LogP contribution >= 0.6 is 34.7 Å². The topological polar surface area (TPSA) is 25.8 Å². The molecule has 3 heterocycles. The normalized spacial score (nSPS) is 14.4. The van der Waals surface area contributed by atoms with E-state index in [2.05, 4.69) is 16.0 Å². The Hall–Kier alpha value is -1.17. The molecule has 21 heavy (non-hydrogen) atoms. The van der Waals surface area contributed by atoms with Gasteiger partial charge in [-0.1, -0.05) is 11.6 Å². The Morgan fingerprint density at radius 1 is 1.19 bits per heavy atom. The molecule has 0 spiro atoms. The summed E-state index contributed by atoms with van der Waals surface area (Å²) in [5.41, 5.74) is 2.05. The van der Waals surface area contributed by atoms with Crippen LogP contribution < -0.4 is 0 Å². The zero-order chi connectivity index (χ0) is 14.4. The fraction of sp³-hybridized carbons (Fsp3) is 0.200. The van der Waals surface area contributed by atoms with Gasteiger partial charge in [-0.25, -0.2) is 14.4 Å². The highest BCUT2D eigenvalue weighted by molar-refractivity contribution is 7.98. The summed E-state index contributed by atoms with van der Waals surface area (Å²) in [4.78, 5) is 11.3. The summed E-state index contributed by atoms with van der Waals surface area (Å²) in [6.45, 7) is 0. The van der Waals surface area contributed by atoms with Crippen LogP contribution in [0, 0.1) is 5.82 Å². The lowest BCUT2D eigenvalue weighted by Crippen LogP contribution is -1.96. The molecule has 0 fully saturated rings. The molecule has 0 atom stereocenters. The Balaban J connectivity index is 1.86. The van der Waals surface area contributed by atoms with Crippen molar-refractivity contribution in [2.45, 2.75) is 12.2 Å². The number of halogens is 2. The lowest BCUT2D eigenvalue weighted by molar-refractivity contribution is 0.629. The minimum absolute atomic E-state index is 0.301. The maximum atomic E-state index is 13.3. The second-order valence-corrected chi connectivity index (χ2v) is 7.46. The Bertz CT molecular complexity index is 824. The van der Waals surface area contributed by atoms with Crippen molar-refractivity contribution in [3.8, 4) is 10.7 Å². The van der Waals surface area contributed by atoms with Crippen LogP contribution in [0.1, 0.15) is 10.4 Å². The molecule has 4 rings (SSSR count). The van der Waals surface area contributed by atoms with E-state index < -0.39 is 0 Å². The zero-order valence-corrected chi connectivity index (χ0v) is 13.3. The molecule has 0 radical (unpaired) electrons. The minimum atomic E-state index is -0.329. The SMILES string of the molecule is Fc1ccc2nc(-c3cc4c(s3)CCSC4)nc(Cl)c2c1. The van der Waals surface area contributed by atoms with Gasteiger partial charge >= 0.3 is 0 Å². The third-order valence-corrected chi connectivity index (χ3v) is 5.99. The van der Waals surface area contributed by atoms with Crippen LogP contribution in [0.15, 0.2) is 24.3 Å². The second-order valence-electron chi connectivity index (χ2n) is 4.86. The lowest BCUT2D eigenvalue weighted by Gasteiger charge is -2.08. The summed E-state index contributed by atoms with van der Waals surface area (Å²) in [6.07, 6.45) is 1.11. The maximum Gasteiger partial charge on any atom is 0.171 e. The Morgan fingerprint density at radius 2 is 2.10 bits per heavy atom. The first-order valence-corrected chi connectivity index (χ1v) is 8.88. The highest BCUT2D eigenvalue weighted by atomic mass is 35.5. The number of nitrogens with zero attached hydrogens (tertiary/aromatic N) is 2. The molecule has 106 valence electrons. The molecule has 2 nitrogen and oxygen atoms in total. The van der Waals surface area contributed by atoms with Crippen LogP contribution in [-0.2, 0) is 12.2 Å². The van der Waals surface area contributed by atoms with Crippen molar-refractivity contribution >= 4 is 45.6 Å². The zero-order valence-electron chi connectivity index (χ0n) is 10.9. The third kappa shape index (κ3) is 2.43. The van der Waals surface area contributed by atoms with Gasteiger partial charge in [0.2, 0.25) is 0 Å². The summed E-state index contributed by atoms with van der Waals surface area (Å²) in [7, 11) is 0. The van der Waals surface area contributed by atoms with Gasteiger partial charge in [0.25, 0.3) is 0 Å². The number of hydrogen-bond acceptors (Lipinski definition) is 4. The first kappa shape index (κ1) is 13.5. The number of hydrogen-bond donors (Lipinski definition) is 0. The van der Waals surface area contributed by atoms with E-state index in [0.29, 0.717) is 21.9 Å². The van der Waals surface area contributed by atoms with Crippen molar-refractivity contribution in [1.29, 1.82) is 0 Å². The molecule has 1 aliphatic heterocycles. The molecular formula is C15H10ClFN2S2. The van der Waals surface area contributed by atoms with E-state index >= 15 is 0 Å². The van der Waals surface area contributed by atoms with Gasteiger partial charge < -0.3 is 0 Å². The van der Waals surface area contributed by atoms with E-state index in [1.807, 2.05) is 11.8 Å². The van der Waals surface area contributed by atoms with Crippen molar-refractivity contribution in [2.75, 3.05) is 5.75 Å². The number of rotatable bonds is 1. The molecule has 6 heteroatoms. The summed E-state index contributed by atoms with van der Waals surface area (Å²) in [5.74, 6) is 2.53. The molecule has 0 aliphatic carbocycles. The van der Waals surface area contributed by atoms with Crippen molar-refractivity contribution < 1.29 is 4.39 Å². The molecule has 0 saturated carbocycles. The molecule has 0 bridgehead atoms. The van der Waals surface area contributed by atoms with Gasteiger partial charge in [-0.05, 0) is 42.0 Å². The Kier molecular flexibility index (Phi) is 3.36. The summed E-state index contributed by atoms with van der Waals surface area (Å²) >= 11 is 9.88. The van der Waals surface area contributed by atoms with Crippen LogP contribution in [0.5, 0.6) is 0 Å². The standard InChI is InChI=1S/C15H10ClFN2S2/c16-14-10-6-9(17)1-2-11(10)18-15(19-14)13-5-8-7-20-4-3-12(8)21-13/h1-2,5-6H,3-4,7H2. The fourth-order valence-corrected chi connectivity index (χ4v) is 4.97. The van der Waals surface area contributed by atoms with Crippen LogP contribution in [0.3, 0.4) is 0 Å². The number of aryl methyl sites for hydroxylation is 1. The number of thiophene rings is 1. The summed E-state index contributed by atoms with van der Waals surface area (Å²) < 4.78 is 13.3. The van der Waals surface area contributed by atoms with Crippen molar-refractivity contribution in [3.05, 3.63) is 45.7 Å². The average molecular weight is 337 g/mol. The van der Waals surface area contributed by atoms with Gasteiger partial charge in [0.1, 0.15) is 11.0 Å². The molecule has 1 aromatic carbocycles. The van der Waals surface area contributed by atoms with Gasteiger partial charge in [0.15, 0.2) is 5.82 Å². The summed E-state index contributed by atoms with van der Waals surface area (Å²) in [6, 6.07) is 6.57. The predicted molar refractivity (Wildman–Crippen MR) is 87.7 cm³/mol. The largest absolute Gasteiger partial charge is 0.227 e. The molecule has 1 aliphatic rings. The average Bonchev–Trinajstić information content (AvgIpc) is 2.92. The number of benzene rings is 1. The fourth-order valence-electron chi connectivity index (χ4n) is 2.43. The highest BCUT2D eigenvalue weighted by Crippen LogP contribution is 2.36. The molecular weight excluding hydrogens is 327 g/mol. The minimum Gasteiger partial charge on any atom is -0.227 e. The van der Waals surface area contributed by atoms with E-state index in [1.54, 1.807) is 17.4 Å². The molecule has 2 aromatic heterocycles.